The lowest BCUT2D eigenvalue weighted by molar-refractivity contribution is -0.117. The number of nitrogens with one attached hydrogen (secondary N) is 2. The molecule has 32 heavy (non-hydrogen) atoms. The van der Waals surface area contributed by atoms with Crippen LogP contribution in [0.3, 0.4) is 0 Å². The number of carbonyl (C=O) groups excluding carboxylic acids is 2. The molecule has 7 nitrogen and oxygen atoms in total. The van der Waals surface area contributed by atoms with Gasteiger partial charge < -0.3 is 5.32 Å². The summed E-state index contributed by atoms with van der Waals surface area (Å²) in [4.78, 5) is 42.2. The molecular formula is C24H30N4O3S. The Morgan fingerprint density at radius 3 is 2.72 bits per heavy atom. The summed E-state index contributed by atoms with van der Waals surface area (Å²) in [5.41, 5.74) is 1.91. The zero-order chi connectivity index (χ0) is 22.3. The monoisotopic (exact) mass is 454 g/mol. The van der Waals surface area contributed by atoms with Gasteiger partial charge in [-0.15, -0.1) is 0 Å². The number of amides is 3. The molecule has 1 fully saturated rings. The van der Waals surface area contributed by atoms with E-state index in [9.17, 15) is 14.4 Å². The van der Waals surface area contributed by atoms with E-state index in [2.05, 4.69) is 21.7 Å². The van der Waals surface area contributed by atoms with Gasteiger partial charge in [-0.1, -0.05) is 48.4 Å². The van der Waals surface area contributed by atoms with Crippen molar-refractivity contribution in [3.8, 4) is 0 Å². The summed E-state index contributed by atoms with van der Waals surface area (Å²) in [6.45, 7) is 0.536. The average molecular weight is 455 g/mol. The largest absolute Gasteiger partial charge is 0.335 e. The van der Waals surface area contributed by atoms with Gasteiger partial charge in [-0.25, -0.2) is 9.78 Å². The van der Waals surface area contributed by atoms with Crippen LogP contribution in [0.5, 0.6) is 0 Å². The average Bonchev–Trinajstić information content (AvgIpc) is 3.31. The number of para-hydroxylation sites is 1. The van der Waals surface area contributed by atoms with E-state index in [1.165, 1.54) is 30.2 Å². The van der Waals surface area contributed by atoms with Crippen LogP contribution in [-0.2, 0) is 11.3 Å². The molecule has 2 aromatic rings. The highest BCUT2D eigenvalue weighted by Crippen LogP contribution is 2.23. The van der Waals surface area contributed by atoms with Crippen molar-refractivity contribution in [3.63, 3.8) is 0 Å². The van der Waals surface area contributed by atoms with Gasteiger partial charge >= 0.3 is 6.03 Å². The predicted molar refractivity (Wildman–Crippen MR) is 127 cm³/mol. The molecule has 1 aromatic heterocycles. The quantitative estimate of drug-likeness (QED) is 0.372. The minimum Gasteiger partial charge on any atom is -0.335 e. The highest BCUT2D eigenvalue weighted by molar-refractivity contribution is 7.99. The Hall–Kier alpha value is -2.61. The second kappa shape index (κ2) is 10.8. The first kappa shape index (κ1) is 22.6. The van der Waals surface area contributed by atoms with Crippen LogP contribution in [-0.4, -0.2) is 33.3 Å². The molecule has 2 aliphatic rings. The Balaban J connectivity index is 1.45. The fourth-order valence-corrected chi connectivity index (χ4v) is 5.25. The molecule has 0 atom stereocenters. The third-order valence-corrected chi connectivity index (χ3v) is 7.12. The van der Waals surface area contributed by atoms with Gasteiger partial charge in [-0.05, 0) is 57.1 Å². The van der Waals surface area contributed by atoms with E-state index in [-0.39, 0.29) is 17.4 Å². The fourth-order valence-electron chi connectivity index (χ4n) is 4.43. The summed E-state index contributed by atoms with van der Waals surface area (Å²) >= 11 is 1.20. The number of hydrogen-bond donors (Lipinski definition) is 2. The van der Waals surface area contributed by atoms with E-state index in [0.717, 1.165) is 44.9 Å². The maximum atomic E-state index is 13.2. The Morgan fingerprint density at radius 2 is 1.94 bits per heavy atom. The molecule has 4 rings (SSSR count). The van der Waals surface area contributed by atoms with Gasteiger partial charge in [0.1, 0.15) is 0 Å². The number of imide groups is 1. The summed E-state index contributed by atoms with van der Waals surface area (Å²) in [6.07, 6.45) is 11.8. The SMILES string of the molecule is O=C(CSc1nc2ccccc2c(=O)n1CCC1=CCCCC1)NC(=O)NC1CCCC1. The number of rotatable bonds is 7. The maximum Gasteiger partial charge on any atom is 0.321 e. The molecule has 0 spiro atoms. The number of aromatic nitrogens is 2. The lowest BCUT2D eigenvalue weighted by atomic mass is 9.97. The standard InChI is InChI=1S/C24H30N4O3S/c29-21(27-23(31)25-18-10-4-5-11-18)16-32-24-26-20-13-7-6-12-19(20)22(30)28(24)15-14-17-8-2-1-3-9-17/h6-8,12-13,18H,1-5,9-11,14-16H2,(H2,25,27,29,31). The summed E-state index contributed by atoms with van der Waals surface area (Å²) in [5, 5.41) is 6.34. The van der Waals surface area contributed by atoms with Crippen molar-refractivity contribution in [2.75, 3.05) is 5.75 Å². The fraction of sp³-hybridized carbons (Fsp3) is 0.500. The van der Waals surface area contributed by atoms with Gasteiger partial charge in [0.15, 0.2) is 5.16 Å². The Labute approximate surface area is 192 Å². The van der Waals surface area contributed by atoms with Crippen LogP contribution < -0.4 is 16.2 Å². The minimum atomic E-state index is -0.449. The van der Waals surface area contributed by atoms with Crippen molar-refractivity contribution in [1.29, 1.82) is 0 Å². The van der Waals surface area contributed by atoms with E-state index in [4.69, 9.17) is 0 Å². The summed E-state index contributed by atoms with van der Waals surface area (Å²) < 4.78 is 1.67. The Bertz CT molecular complexity index is 1070. The summed E-state index contributed by atoms with van der Waals surface area (Å²) in [7, 11) is 0. The number of benzene rings is 1. The number of urea groups is 1. The molecule has 170 valence electrons. The van der Waals surface area contributed by atoms with Gasteiger partial charge in [-0.3, -0.25) is 19.5 Å². The molecule has 8 heteroatoms. The van der Waals surface area contributed by atoms with E-state index >= 15 is 0 Å². The molecule has 0 aliphatic heterocycles. The van der Waals surface area contributed by atoms with Gasteiger partial charge in [0, 0.05) is 12.6 Å². The first-order chi connectivity index (χ1) is 15.6. The molecular weight excluding hydrogens is 424 g/mol. The predicted octanol–water partition coefficient (Wildman–Crippen LogP) is 4.15. The van der Waals surface area contributed by atoms with Crippen LogP contribution >= 0.6 is 11.8 Å². The van der Waals surface area contributed by atoms with E-state index in [1.54, 1.807) is 10.6 Å². The summed E-state index contributed by atoms with van der Waals surface area (Å²) in [5.74, 6) is -0.375. The first-order valence-electron chi connectivity index (χ1n) is 11.5. The number of nitrogens with zero attached hydrogens (tertiary/aromatic N) is 2. The van der Waals surface area contributed by atoms with Crippen molar-refractivity contribution < 1.29 is 9.59 Å². The number of allylic oxidation sites excluding steroid dienone is 2. The van der Waals surface area contributed by atoms with Gasteiger partial charge in [0.2, 0.25) is 5.91 Å². The second-order valence-electron chi connectivity index (χ2n) is 8.52. The van der Waals surface area contributed by atoms with Gasteiger partial charge in [-0.2, -0.15) is 0 Å². The van der Waals surface area contributed by atoms with Gasteiger partial charge in [0.05, 0.1) is 16.7 Å². The van der Waals surface area contributed by atoms with Crippen LogP contribution in [0.25, 0.3) is 10.9 Å². The molecule has 2 N–H and O–H groups in total. The zero-order valence-electron chi connectivity index (χ0n) is 18.3. The van der Waals surface area contributed by atoms with Crippen LogP contribution in [0.4, 0.5) is 4.79 Å². The molecule has 0 saturated heterocycles. The lowest BCUT2D eigenvalue weighted by Crippen LogP contribution is -2.44. The van der Waals surface area contributed by atoms with Crippen LogP contribution in [0.15, 0.2) is 45.9 Å². The molecule has 1 aromatic carbocycles. The van der Waals surface area contributed by atoms with Crippen LogP contribution in [0, 0.1) is 0 Å². The van der Waals surface area contributed by atoms with E-state index < -0.39 is 11.9 Å². The van der Waals surface area contributed by atoms with Crippen molar-refractivity contribution in [2.24, 2.45) is 0 Å². The van der Waals surface area contributed by atoms with Crippen molar-refractivity contribution >= 4 is 34.6 Å². The van der Waals surface area contributed by atoms with Crippen molar-refractivity contribution in [2.45, 2.75) is 75.5 Å². The Kier molecular flexibility index (Phi) is 7.63. The molecule has 0 radical (unpaired) electrons. The molecule has 2 aliphatic carbocycles. The number of thioether (sulfide) groups is 1. The molecule has 1 saturated carbocycles. The highest BCUT2D eigenvalue weighted by atomic mass is 32.2. The lowest BCUT2D eigenvalue weighted by Gasteiger charge is -2.16. The number of hydrogen-bond acceptors (Lipinski definition) is 5. The van der Waals surface area contributed by atoms with E-state index in [1.807, 2.05) is 18.2 Å². The Morgan fingerprint density at radius 1 is 1.12 bits per heavy atom. The second-order valence-corrected chi connectivity index (χ2v) is 9.46. The number of fused-ring (bicyclic) bond motifs is 1. The van der Waals surface area contributed by atoms with Crippen molar-refractivity contribution in [3.05, 3.63) is 46.3 Å². The van der Waals surface area contributed by atoms with Crippen LogP contribution in [0.1, 0.15) is 57.8 Å². The van der Waals surface area contributed by atoms with E-state index in [0.29, 0.717) is 22.6 Å². The zero-order valence-corrected chi connectivity index (χ0v) is 19.1. The van der Waals surface area contributed by atoms with Crippen LogP contribution in [0.2, 0.25) is 0 Å². The topological polar surface area (TPSA) is 93.1 Å². The summed E-state index contributed by atoms with van der Waals surface area (Å²) in [6, 6.07) is 6.98. The normalized spacial score (nSPS) is 16.7. The molecule has 3 amide bonds. The third-order valence-electron chi connectivity index (χ3n) is 6.14. The molecule has 0 unspecified atom stereocenters. The third kappa shape index (κ3) is 5.79. The van der Waals surface area contributed by atoms with Gasteiger partial charge in [0.25, 0.3) is 5.56 Å². The first-order valence-corrected chi connectivity index (χ1v) is 12.5. The molecule has 0 bridgehead atoms. The molecule has 1 heterocycles. The number of carbonyl (C=O) groups is 2. The van der Waals surface area contributed by atoms with Crippen molar-refractivity contribution in [1.82, 2.24) is 20.2 Å². The maximum absolute atomic E-state index is 13.2. The highest BCUT2D eigenvalue weighted by Gasteiger charge is 2.19. The smallest absolute Gasteiger partial charge is 0.321 e. The minimum absolute atomic E-state index is 0.0194.